The van der Waals surface area contributed by atoms with Gasteiger partial charge in [-0.15, -0.1) is 0 Å². The highest BCUT2D eigenvalue weighted by atomic mass is 19.1. The normalized spacial score (nSPS) is 11.6. The second-order valence-corrected chi connectivity index (χ2v) is 12.8. The highest BCUT2D eigenvalue weighted by molar-refractivity contribution is 5.91. The number of amides is 2. The third-order valence-corrected chi connectivity index (χ3v) is 7.47. The van der Waals surface area contributed by atoms with Crippen LogP contribution < -0.4 is 14.8 Å². The first kappa shape index (κ1) is 35.3. The number of rotatable bonds is 15. The van der Waals surface area contributed by atoms with Crippen molar-refractivity contribution in [2.75, 3.05) is 11.9 Å². The Morgan fingerprint density at radius 2 is 1.49 bits per heavy atom. The third-order valence-electron chi connectivity index (χ3n) is 7.47. The van der Waals surface area contributed by atoms with Crippen LogP contribution >= 0.6 is 0 Å². The zero-order chi connectivity index (χ0) is 33.2. The Morgan fingerprint density at radius 1 is 0.867 bits per heavy atom. The minimum Gasteiger partial charge on any atom is -0.487 e. The topological polar surface area (TPSA) is 88.1 Å². The Bertz CT molecular complexity index is 1420. The van der Waals surface area contributed by atoms with Crippen LogP contribution in [0.3, 0.4) is 0 Å². The molecule has 0 aromatic heterocycles. The van der Waals surface area contributed by atoms with E-state index in [2.05, 4.69) is 33.0 Å². The fourth-order valence-electron chi connectivity index (χ4n) is 4.61. The lowest BCUT2D eigenvalue weighted by Crippen LogP contribution is -2.37. The molecule has 244 valence electrons. The van der Waals surface area contributed by atoms with Crippen LogP contribution in [0.4, 0.5) is 19.3 Å². The number of aliphatic carboxylic acids is 1. The van der Waals surface area contributed by atoms with E-state index in [1.54, 1.807) is 29.2 Å². The van der Waals surface area contributed by atoms with E-state index < -0.39 is 29.2 Å². The van der Waals surface area contributed by atoms with Crippen molar-refractivity contribution in [2.45, 2.75) is 97.8 Å². The molecule has 3 aromatic carbocycles. The molecule has 0 radical (unpaired) electrons. The number of carboxylic acids is 1. The summed E-state index contributed by atoms with van der Waals surface area (Å²) >= 11 is 0. The first-order valence-electron chi connectivity index (χ1n) is 15.5. The van der Waals surface area contributed by atoms with Gasteiger partial charge in [0, 0.05) is 25.2 Å². The number of carbonyl (C=O) groups is 2. The number of hydrogen-bond acceptors (Lipinski definition) is 4. The Balaban J connectivity index is 1.77. The quantitative estimate of drug-likeness (QED) is 0.165. The summed E-state index contributed by atoms with van der Waals surface area (Å²) < 4.78 is 40.8. The van der Waals surface area contributed by atoms with E-state index in [1.165, 1.54) is 13.8 Å². The summed E-state index contributed by atoms with van der Waals surface area (Å²) in [4.78, 5) is 26.6. The zero-order valence-electron chi connectivity index (χ0n) is 27.2. The van der Waals surface area contributed by atoms with Crippen LogP contribution in [0.1, 0.15) is 90.3 Å². The average Bonchev–Trinajstić information content (AvgIpc) is 2.97. The molecule has 0 bridgehead atoms. The van der Waals surface area contributed by atoms with E-state index in [1.807, 2.05) is 24.3 Å². The average molecular weight is 625 g/mol. The summed E-state index contributed by atoms with van der Waals surface area (Å²) in [5.41, 5.74) is 1.09. The lowest BCUT2D eigenvalue weighted by molar-refractivity contribution is -0.152. The molecule has 0 atom stereocenters. The van der Waals surface area contributed by atoms with Gasteiger partial charge in [-0.1, -0.05) is 89.8 Å². The summed E-state index contributed by atoms with van der Waals surface area (Å²) in [7, 11) is 0. The highest BCUT2D eigenvalue weighted by Gasteiger charge is 2.29. The molecule has 0 saturated heterocycles. The van der Waals surface area contributed by atoms with Gasteiger partial charge in [-0.25, -0.2) is 18.4 Å². The number of carboxylic acid groups (broad SMARTS) is 1. The van der Waals surface area contributed by atoms with Crippen molar-refractivity contribution in [1.29, 1.82) is 0 Å². The highest BCUT2D eigenvalue weighted by Crippen LogP contribution is 2.31. The van der Waals surface area contributed by atoms with Crippen LogP contribution in [0.5, 0.6) is 11.5 Å². The van der Waals surface area contributed by atoms with Gasteiger partial charge >= 0.3 is 12.0 Å². The molecule has 0 saturated carbocycles. The lowest BCUT2D eigenvalue weighted by atomic mass is 9.87. The first-order valence-corrected chi connectivity index (χ1v) is 15.5. The SMILES string of the molecule is CCCCCCCN(Cc1ccc(OC(C)(C)C(=O)O)cc1)C(=O)Nc1c(F)cc(F)cc1OCc1ccc(C(C)(C)C)cc1. The van der Waals surface area contributed by atoms with Crippen LogP contribution in [-0.4, -0.2) is 34.2 Å². The number of halogens is 2. The first-order chi connectivity index (χ1) is 21.2. The molecular weight excluding hydrogens is 578 g/mol. The number of carbonyl (C=O) groups excluding carboxylic acids is 1. The molecule has 2 amide bonds. The van der Waals surface area contributed by atoms with Crippen molar-refractivity contribution in [3.63, 3.8) is 0 Å². The molecule has 0 heterocycles. The monoisotopic (exact) mass is 624 g/mol. The second kappa shape index (κ2) is 15.7. The van der Waals surface area contributed by atoms with Crippen LogP contribution in [0.25, 0.3) is 0 Å². The van der Waals surface area contributed by atoms with Crippen LogP contribution in [0.2, 0.25) is 0 Å². The molecule has 2 N–H and O–H groups in total. The van der Waals surface area contributed by atoms with Crippen molar-refractivity contribution >= 4 is 17.7 Å². The van der Waals surface area contributed by atoms with Gasteiger partial charge in [-0.05, 0) is 54.5 Å². The molecule has 9 heteroatoms. The zero-order valence-corrected chi connectivity index (χ0v) is 27.2. The Morgan fingerprint density at radius 3 is 2.09 bits per heavy atom. The summed E-state index contributed by atoms with van der Waals surface area (Å²) in [6, 6.07) is 15.8. The summed E-state index contributed by atoms with van der Waals surface area (Å²) in [5, 5.41) is 12.0. The number of nitrogens with zero attached hydrogens (tertiary/aromatic N) is 1. The van der Waals surface area contributed by atoms with E-state index in [4.69, 9.17) is 9.47 Å². The number of nitrogens with one attached hydrogen (secondary N) is 1. The Labute approximate surface area is 265 Å². The number of anilines is 1. The smallest absolute Gasteiger partial charge is 0.347 e. The maximum absolute atomic E-state index is 15.1. The van der Waals surface area contributed by atoms with Crippen molar-refractivity contribution in [2.24, 2.45) is 0 Å². The van der Waals surface area contributed by atoms with Gasteiger partial charge in [0.15, 0.2) is 11.4 Å². The predicted molar refractivity (Wildman–Crippen MR) is 173 cm³/mol. The van der Waals surface area contributed by atoms with E-state index in [0.29, 0.717) is 18.4 Å². The van der Waals surface area contributed by atoms with E-state index in [0.717, 1.165) is 54.9 Å². The second-order valence-electron chi connectivity index (χ2n) is 12.8. The molecular formula is C36H46F2N2O5. The van der Waals surface area contributed by atoms with E-state index in [-0.39, 0.29) is 30.0 Å². The summed E-state index contributed by atoms with van der Waals surface area (Å²) in [5.74, 6) is -2.57. The van der Waals surface area contributed by atoms with Crippen molar-refractivity contribution < 1.29 is 33.0 Å². The Hall–Kier alpha value is -4.14. The maximum Gasteiger partial charge on any atom is 0.347 e. The van der Waals surface area contributed by atoms with Crippen LogP contribution in [-0.2, 0) is 23.4 Å². The molecule has 7 nitrogen and oxygen atoms in total. The molecule has 0 aliphatic rings. The van der Waals surface area contributed by atoms with Crippen molar-refractivity contribution in [3.8, 4) is 11.5 Å². The number of hydrogen-bond donors (Lipinski definition) is 2. The van der Waals surface area contributed by atoms with E-state index >= 15 is 4.39 Å². The number of urea groups is 1. The molecule has 45 heavy (non-hydrogen) atoms. The van der Waals surface area contributed by atoms with Gasteiger partial charge < -0.3 is 24.8 Å². The molecule has 0 aliphatic carbocycles. The van der Waals surface area contributed by atoms with Gasteiger partial charge in [0.05, 0.1) is 0 Å². The fraction of sp³-hybridized carbons (Fsp3) is 0.444. The maximum atomic E-state index is 15.1. The summed E-state index contributed by atoms with van der Waals surface area (Å²) in [6.07, 6.45) is 4.91. The van der Waals surface area contributed by atoms with Crippen LogP contribution in [0, 0.1) is 11.6 Å². The van der Waals surface area contributed by atoms with Crippen molar-refractivity contribution in [3.05, 3.63) is 89.0 Å². The number of benzene rings is 3. The van der Waals surface area contributed by atoms with E-state index in [9.17, 15) is 19.1 Å². The third kappa shape index (κ3) is 10.8. The van der Waals surface area contributed by atoms with Crippen molar-refractivity contribution in [1.82, 2.24) is 4.90 Å². The fourth-order valence-corrected chi connectivity index (χ4v) is 4.61. The molecule has 3 rings (SSSR count). The van der Waals surface area contributed by atoms with Gasteiger partial charge in [0.2, 0.25) is 0 Å². The molecule has 0 spiro atoms. The van der Waals surface area contributed by atoms with Gasteiger partial charge in [-0.3, -0.25) is 0 Å². The predicted octanol–water partition coefficient (Wildman–Crippen LogP) is 9.09. The number of ether oxygens (including phenoxy) is 2. The number of unbranched alkanes of at least 4 members (excludes halogenated alkanes) is 4. The minimum absolute atomic E-state index is 0.0164. The Kier molecular flexibility index (Phi) is 12.4. The minimum atomic E-state index is -1.40. The van der Waals surface area contributed by atoms with Gasteiger partial charge in [-0.2, -0.15) is 0 Å². The van der Waals surface area contributed by atoms with Crippen LogP contribution in [0.15, 0.2) is 60.7 Å². The lowest BCUT2D eigenvalue weighted by Gasteiger charge is -2.25. The molecule has 3 aromatic rings. The molecule has 0 unspecified atom stereocenters. The summed E-state index contributed by atoms with van der Waals surface area (Å²) in [6.45, 7) is 12.1. The largest absolute Gasteiger partial charge is 0.487 e. The molecule has 0 fully saturated rings. The van der Waals surface area contributed by atoms with Gasteiger partial charge in [0.1, 0.15) is 29.6 Å². The molecule has 0 aliphatic heterocycles. The van der Waals surface area contributed by atoms with Gasteiger partial charge in [0.25, 0.3) is 0 Å². The standard InChI is InChI=1S/C36H46F2N2O5/c1-7-8-9-10-11-20-40(23-25-14-18-29(19-15-25)45-36(5,6)33(41)42)34(43)39-32-30(38)21-28(37)22-31(32)44-24-26-12-16-27(17-13-26)35(2,3)4/h12-19,21-22H,7-11,20,23-24H2,1-6H3,(H,39,43)(H,41,42).